The Morgan fingerprint density at radius 3 is 3.12 bits per heavy atom. The van der Waals surface area contributed by atoms with Gasteiger partial charge < -0.3 is 14.8 Å². The lowest BCUT2D eigenvalue weighted by atomic mass is 10.3. The predicted molar refractivity (Wildman–Crippen MR) is 61.5 cm³/mol. The van der Waals surface area contributed by atoms with Crippen molar-refractivity contribution in [3.8, 4) is 5.75 Å². The van der Waals surface area contributed by atoms with Gasteiger partial charge in [-0.1, -0.05) is 6.58 Å². The number of benzene rings is 1. The molecule has 16 heavy (non-hydrogen) atoms. The van der Waals surface area contributed by atoms with Gasteiger partial charge in [0.1, 0.15) is 12.4 Å². The Hall–Kier alpha value is -1.81. The maximum atomic E-state index is 11.0. The number of nitrogens with one attached hydrogen (secondary N) is 1. The highest BCUT2D eigenvalue weighted by Gasteiger charge is 1.99. The van der Waals surface area contributed by atoms with E-state index in [4.69, 9.17) is 9.47 Å². The first-order chi connectivity index (χ1) is 7.76. The minimum atomic E-state index is -0.273. The second-order valence-corrected chi connectivity index (χ2v) is 2.97. The Morgan fingerprint density at radius 1 is 1.62 bits per heavy atom. The monoisotopic (exact) mass is 220 g/mol. The zero-order valence-corrected chi connectivity index (χ0v) is 9.16. The number of hydrogen-bond donors (Lipinski definition) is 1. The van der Waals surface area contributed by atoms with Crippen LogP contribution in [-0.4, -0.2) is 26.2 Å². The number of ether oxygens (including phenoxy) is 2. The zero-order valence-electron chi connectivity index (χ0n) is 9.16. The Bertz CT molecular complexity index is 363. The molecule has 1 amide bonds. The molecule has 1 rings (SSSR count). The molecule has 85 valence electrons. The number of amides is 1. The summed E-state index contributed by atoms with van der Waals surface area (Å²) in [6, 6.07) is 8.01. The molecule has 1 N–H and O–H groups in total. The van der Waals surface area contributed by atoms with Gasteiger partial charge in [0.15, 0.2) is 0 Å². The number of hydrogen-bond acceptors (Lipinski definition) is 3. The van der Waals surface area contributed by atoms with E-state index in [1.165, 1.54) is 6.08 Å². The molecule has 0 aliphatic carbocycles. The van der Waals surface area contributed by atoms with Gasteiger partial charge in [-0.25, -0.2) is 0 Å². The third-order valence-electron chi connectivity index (χ3n) is 1.77. The minimum Gasteiger partial charge on any atom is -0.491 e. The third kappa shape index (κ3) is 4.14. The standard InChI is InChI=1S/C12H14NO3/c1-3-12(14)13-10-5-4-6-11(9-10)16-8-7-15-2/h3-4,6,9H,1,7-8H2,2H3,(H,13,14). The molecule has 0 fully saturated rings. The van der Waals surface area contributed by atoms with Crippen molar-refractivity contribution in [2.24, 2.45) is 0 Å². The van der Waals surface area contributed by atoms with Crippen molar-refractivity contribution in [1.29, 1.82) is 0 Å². The first-order valence-electron chi connectivity index (χ1n) is 4.83. The summed E-state index contributed by atoms with van der Waals surface area (Å²) < 4.78 is 10.2. The van der Waals surface area contributed by atoms with E-state index in [2.05, 4.69) is 18.0 Å². The topological polar surface area (TPSA) is 47.6 Å². The molecule has 1 radical (unpaired) electrons. The van der Waals surface area contributed by atoms with Crippen LogP contribution in [-0.2, 0) is 9.53 Å². The molecule has 0 aromatic heterocycles. The average molecular weight is 220 g/mol. The summed E-state index contributed by atoms with van der Waals surface area (Å²) in [4.78, 5) is 11.0. The summed E-state index contributed by atoms with van der Waals surface area (Å²) in [6.07, 6.45) is 1.20. The van der Waals surface area contributed by atoms with Crippen molar-refractivity contribution >= 4 is 11.6 Å². The second-order valence-electron chi connectivity index (χ2n) is 2.97. The van der Waals surface area contributed by atoms with Gasteiger partial charge in [-0.05, 0) is 18.2 Å². The lowest BCUT2D eigenvalue weighted by molar-refractivity contribution is -0.111. The van der Waals surface area contributed by atoms with Crippen LogP contribution in [0.25, 0.3) is 0 Å². The van der Waals surface area contributed by atoms with E-state index in [1.54, 1.807) is 25.3 Å². The fourth-order valence-corrected chi connectivity index (χ4v) is 1.03. The Labute approximate surface area is 94.9 Å². The molecule has 0 bridgehead atoms. The van der Waals surface area contributed by atoms with Gasteiger partial charge in [-0.2, -0.15) is 0 Å². The van der Waals surface area contributed by atoms with Crippen LogP contribution in [0.15, 0.2) is 30.9 Å². The van der Waals surface area contributed by atoms with Crippen molar-refractivity contribution in [2.75, 3.05) is 25.6 Å². The summed E-state index contributed by atoms with van der Waals surface area (Å²) in [5.41, 5.74) is 0.555. The van der Waals surface area contributed by atoms with E-state index in [9.17, 15) is 4.79 Å². The van der Waals surface area contributed by atoms with Crippen LogP contribution in [0.1, 0.15) is 0 Å². The van der Waals surface area contributed by atoms with E-state index in [-0.39, 0.29) is 5.91 Å². The van der Waals surface area contributed by atoms with E-state index >= 15 is 0 Å². The van der Waals surface area contributed by atoms with Gasteiger partial charge in [0.2, 0.25) is 5.91 Å². The van der Waals surface area contributed by atoms with Crippen LogP contribution in [0, 0.1) is 6.07 Å². The maximum absolute atomic E-state index is 11.0. The summed E-state index contributed by atoms with van der Waals surface area (Å²) in [7, 11) is 1.61. The summed E-state index contributed by atoms with van der Waals surface area (Å²) in [5.74, 6) is 0.389. The summed E-state index contributed by atoms with van der Waals surface area (Å²) in [5, 5.41) is 2.60. The van der Waals surface area contributed by atoms with Crippen molar-refractivity contribution in [2.45, 2.75) is 0 Å². The van der Waals surface area contributed by atoms with E-state index < -0.39 is 0 Å². The Morgan fingerprint density at radius 2 is 2.44 bits per heavy atom. The van der Waals surface area contributed by atoms with Crippen LogP contribution in [0.2, 0.25) is 0 Å². The Kier molecular flexibility index (Phi) is 5.08. The molecule has 0 saturated heterocycles. The molecule has 0 spiro atoms. The Balaban J connectivity index is 2.56. The van der Waals surface area contributed by atoms with Crippen molar-refractivity contribution < 1.29 is 14.3 Å². The molecule has 0 saturated carbocycles. The van der Waals surface area contributed by atoms with Crippen LogP contribution >= 0.6 is 0 Å². The molecule has 1 aromatic rings. The van der Waals surface area contributed by atoms with Gasteiger partial charge in [-0.3, -0.25) is 4.79 Å². The van der Waals surface area contributed by atoms with Crippen LogP contribution in [0.4, 0.5) is 5.69 Å². The highest BCUT2D eigenvalue weighted by molar-refractivity contribution is 5.98. The van der Waals surface area contributed by atoms with E-state index in [0.29, 0.717) is 24.7 Å². The number of methoxy groups -OCH3 is 1. The third-order valence-corrected chi connectivity index (χ3v) is 1.77. The van der Waals surface area contributed by atoms with Crippen LogP contribution in [0.3, 0.4) is 0 Å². The van der Waals surface area contributed by atoms with Gasteiger partial charge in [0, 0.05) is 19.2 Å². The summed E-state index contributed by atoms with van der Waals surface area (Å²) >= 11 is 0. The lowest BCUT2D eigenvalue weighted by Crippen LogP contribution is -2.08. The lowest BCUT2D eigenvalue weighted by Gasteiger charge is -2.07. The summed E-state index contributed by atoms with van der Waals surface area (Å²) in [6.45, 7) is 4.35. The van der Waals surface area contributed by atoms with Gasteiger partial charge in [0.05, 0.1) is 12.3 Å². The van der Waals surface area contributed by atoms with Gasteiger partial charge >= 0.3 is 0 Å². The molecule has 4 heteroatoms. The van der Waals surface area contributed by atoms with Gasteiger partial charge in [-0.15, -0.1) is 0 Å². The van der Waals surface area contributed by atoms with E-state index in [1.807, 2.05) is 0 Å². The molecule has 4 nitrogen and oxygen atoms in total. The first kappa shape index (κ1) is 12.3. The smallest absolute Gasteiger partial charge is 0.247 e. The molecule has 0 heterocycles. The van der Waals surface area contributed by atoms with Crippen LogP contribution in [0.5, 0.6) is 5.75 Å². The van der Waals surface area contributed by atoms with Gasteiger partial charge in [0.25, 0.3) is 0 Å². The molecule has 1 aromatic carbocycles. The highest BCUT2D eigenvalue weighted by atomic mass is 16.5. The predicted octanol–water partition coefficient (Wildman–Crippen LogP) is 1.64. The van der Waals surface area contributed by atoms with Crippen LogP contribution < -0.4 is 10.1 Å². The molecule has 0 aliphatic rings. The highest BCUT2D eigenvalue weighted by Crippen LogP contribution is 2.16. The SMILES string of the molecule is C=CC(=O)Nc1[c]ccc(OCCOC)c1. The fourth-order valence-electron chi connectivity index (χ4n) is 1.03. The normalized spacial score (nSPS) is 9.56. The first-order valence-corrected chi connectivity index (χ1v) is 4.83. The largest absolute Gasteiger partial charge is 0.491 e. The van der Waals surface area contributed by atoms with Crippen molar-refractivity contribution in [1.82, 2.24) is 0 Å². The second kappa shape index (κ2) is 6.63. The average Bonchev–Trinajstić information content (AvgIpc) is 2.30. The molecule has 0 unspecified atom stereocenters. The van der Waals surface area contributed by atoms with Crippen molar-refractivity contribution in [3.05, 3.63) is 36.9 Å². The molecule has 0 aliphatic heterocycles. The number of carbonyl (C=O) groups excluding carboxylic acids is 1. The quantitative estimate of drug-likeness (QED) is 0.585. The minimum absolute atomic E-state index is 0.273. The molecule has 0 atom stereocenters. The number of rotatable bonds is 6. The van der Waals surface area contributed by atoms with E-state index in [0.717, 1.165) is 0 Å². The molecular weight excluding hydrogens is 206 g/mol. The zero-order chi connectivity index (χ0) is 11.8. The van der Waals surface area contributed by atoms with Crippen molar-refractivity contribution in [3.63, 3.8) is 0 Å². The maximum Gasteiger partial charge on any atom is 0.247 e. The number of anilines is 1. The molecular formula is C12H14NO3. The number of carbonyl (C=O) groups is 1. The fraction of sp³-hybridized carbons (Fsp3) is 0.250.